The van der Waals surface area contributed by atoms with Crippen LogP contribution in [0.2, 0.25) is 10.2 Å². The Bertz CT molecular complexity index is 996. The summed E-state index contributed by atoms with van der Waals surface area (Å²) in [6.07, 6.45) is 4.82. The summed E-state index contributed by atoms with van der Waals surface area (Å²) in [4.78, 5) is 17.2. The van der Waals surface area contributed by atoms with Gasteiger partial charge in [-0.3, -0.25) is 9.20 Å². The quantitative estimate of drug-likeness (QED) is 0.677. The van der Waals surface area contributed by atoms with Crippen LogP contribution in [0.25, 0.3) is 11.0 Å². The zero-order valence-corrected chi connectivity index (χ0v) is 15.0. The molecule has 25 heavy (non-hydrogen) atoms. The van der Waals surface area contributed by atoms with Gasteiger partial charge in [0, 0.05) is 29.8 Å². The maximum Gasteiger partial charge on any atom is 0.248 e. The van der Waals surface area contributed by atoms with Crippen molar-refractivity contribution in [2.75, 3.05) is 18.5 Å². The molecule has 0 aliphatic carbocycles. The van der Waals surface area contributed by atoms with Crippen LogP contribution in [0.3, 0.4) is 0 Å². The lowest BCUT2D eigenvalue weighted by Crippen LogP contribution is -2.16. The summed E-state index contributed by atoms with van der Waals surface area (Å²) in [5, 5.41) is 5.32. The van der Waals surface area contributed by atoms with Crippen LogP contribution < -0.4 is 14.8 Å². The van der Waals surface area contributed by atoms with Gasteiger partial charge in [-0.1, -0.05) is 23.2 Å². The molecule has 9 heteroatoms. The van der Waals surface area contributed by atoms with Crippen LogP contribution in [-0.4, -0.2) is 28.5 Å². The minimum atomic E-state index is -0.347. The van der Waals surface area contributed by atoms with Gasteiger partial charge in [0.2, 0.25) is 5.91 Å². The van der Waals surface area contributed by atoms with E-state index >= 15 is 0 Å². The molecule has 1 aromatic carbocycles. The van der Waals surface area contributed by atoms with E-state index in [4.69, 9.17) is 32.7 Å². The van der Waals surface area contributed by atoms with Gasteiger partial charge in [-0.15, -0.1) is 11.3 Å². The van der Waals surface area contributed by atoms with E-state index in [2.05, 4.69) is 10.3 Å². The van der Waals surface area contributed by atoms with Crippen molar-refractivity contribution in [3.8, 4) is 11.5 Å². The van der Waals surface area contributed by atoms with E-state index in [9.17, 15) is 4.79 Å². The number of amides is 1. The van der Waals surface area contributed by atoms with Crippen LogP contribution in [0.1, 0.15) is 5.69 Å². The number of halogens is 2. The number of nitrogens with one attached hydrogen (secondary N) is 1. The Morgan fingerprint density at radius 3 is 2.84 bits per heavy atom. The molecule has 6 nitrogen and oxygen atoms in total. The van der Waals surface area contributed by atoms with Gasteiger partial charge in [0.15, 0.2) is 21.6 Å². The van der Waals surface area contributed by atoms with Gasteiger partial charge in [0.1, 0.15) is 13.2 Å². The summed E-state index contributed by atoms with van der Waals surface area (Å²) in [6.45, 7) is 0.930. The fourth-order valence-corrected chi connectivity index (χ4v) is 3.62. The highest BCUT2D eigenvalue weighted by Gasteiger charge is 2.16. The Morgan fingerprint density at radius 1 is 1.28 bits per heavy atom. The molecule has 3 heterocycles. The summed E-state index contributed by atoms with van der Waals surface area (Å²) in [5.41, 5.74) is 1.09. The van der Waals surface area contributed by atoms with Crippen LogP contribution in [0.4, 0.5) is 5.69 Å². The molecule has 1 aliphatic rings. The summed E-state index contributed by atoms with van der Waals surface area (Å²) >= 11 is 13.7. The molecule has 4 rings (SSSR count). The summed E-state index contributed by atoms with van der Waals surface area (Å²) in [7, 11) is 0. The molecule has 0 fully saturated rings. The molecule has 1 N–H and O–H groups in total. The largest absolute Gasteiger partial charge is 0.486 e. The number of hydrogen-bond acceptors (Lipinski definition) is 5. The lowest BCUT2D eigenvalue weighted by atomic mass is 10.2. The average Bonchev–Trinajstić information content (AvgIpc) is 3.14. The van der Waals surface area contributed by atoms with Crippen molar-refractivity contribution in [3.63, 3.8) is 0 Å². The molecule has 0 atom stereocenters. The maximum absolute atomic E-state index is 12.2. The molecule has 3 aromatic rings. The molecule has 0 radical (unpaired) electrons. The van der Waals surface area contributed by atoms with Crippen molar-refractivity contribution in [2.24, 2.45) is 0 Å². The first-order chi connectivity index (χ1) is 12.1. The predicted octanol–water partition coefficient (Wildman–Crippen LogP) is 4.13. The van der Waals surface area contributed by atoms with E-state index in [-0.39, 0.29) is 5.91 Å². The number of benzene rings is 1. The van der Waals surface area contributed by atoms with Gasteiger partial charge in [-0.2, -0.15) is 0 Å². The number of ether oxygens (including phenoxy) is 2. The third-order valence-corrected chi connectivity index (χ3v) is 4.88. The fourth-order valence-electron chi connectivity index (χ4n) is 2.41. The van der Waals surface area contributed by atoms with Crippen molar-refractivity contribution >= 4 is 57.2 Å². The third kappa shape index (κ3) is 3.18. The maximum atomic E-state index is 12.2. The van der Waals surface area contributed by atoms with E-state index in [1.807, 2.05) is 16.0 Å². The van der Waals surface area contributed by atoms with E-state index in [1.165, 1.54) is 17.4 Å². The minimum Gasteiger partial charge on any atom is -0.486 e. The van der Waals surface area contributed by atoms with Gasteiger partial charge in [-0.25, -0.2) is 4.98 Å². The van der Waals surface area contributed by atoms with E-state index in [0.717, 1.165) is 4.96 Å². The summed E-state index contributed by atoms with van der Waals surface area (Å²) in [5.74, 6) is 0.768. The second-order valence-corrected chi connectivity index (χ2v) is 6.78. The van der Waals surface area contributed by atoms with Gasteiger partial charge >= 0.3 is 0 Å². The zero-order chi connectivity index (χ0) is 17.4. The Morgan fingerprint density at radius 2 is 2.04 bits per heavy atom. The molecule has 2 aromatic heterocycles. The average molecular weight is 396 g/mol. The van der Waals surface area contributed by atoms with Crippen molar-refractivity contribution in [3.05, 3.63) is 45.7 Å². The lowest BCUT2D eigenvalue weighted by Gasteiger charge is -2.19. The number of aromatic nitrogens is 2. The first kappa shape index (κ1) is 16.3. The van der Waals surface area contributed by atoms with Crippen molar-refractivity contribution < 1.29 is 14.3 Å². The SMILES string of the molecule is O=C(/C=C/c1c(Cl)nc2sccn12)Nc1cc2c(cc1Cl)OCCO2. The molecule has 1 amide bonds. The number of fused-ring (bicyclic) bond motifs is 2. The smallest absolute Gasteiger partial charge is 0.248 e. The second-order valence-electron chi connectivity index (χ2n) is 5.14. The molecule has 0 spiro atoms. The van der Waals surface area contributed by atoms with Crippen LogP contribution in [0.5, 0.6) is 11.5 Å². The number of hydrogen-bond donors (Lipinski definition) is 1. The predicted molar refractivity (Wildman–Crippen MR) is 98.2 cm³/mol. The van der Waals surface area contributed by atoms with Crippen molar-refractivity contribution in [1.82, 2.24) is 9.38 Å². The molecule has 128 valence electrons. The Labute approximate surface area is 156 Å². The molecule has 0 saturated heterocycles. The number of thiazole rings is 1. The van der Waals surface area contributed by atoms with Gasteiger partial charge in [0.25, 0.3) is 0 Å². The van der Waals surface area contributed by atoms with Crippen LogP contribution in [0.15, 0.2) is 29.8 Å². The highest BCUT2D eigenvalue weighted by Crippen LogP contribution is 2.38. The lowest BCUT2D eigenvalue weighted by molar-refractivity contribution is -0.111. The second kappa shape index (κ2) is 6.59. The van der Waals surface area contributed by atoms with Gasteiger partial charge in [0.05, 0.1) is 16.4 Å². The first-order valence-corrected chi connectivity index (χ1v) is 8.94. The number of carbonyl (C=O) groups is 1. The zero-order valence-electron chi connectivity index (χ0n) is 12.7. The Hall–Kier alpha value is -2.22. The van der Waals surface area contributed by atoms with Crippen LogP contribution in [-0.2, 0) is 4.79 Å². The number of imidazole rings is 1. The highest BCUT2D eigenvalue weighted by molar-refractivity contribution is 7.15. The van der Waals surface area contributed by atoms with Crippen LogP contribution in [0, 0.1) is 0 Å². The normalized spacial score (nSPS) is 13.5. The van der Waals surface area contributed by atoms with Crippen molar-refractivity contribution in [2.45, 2.75) is 0 Å². The number of nitrogens with zero attached hydrogens (tertiary/aromatic N) is 2. The number of rotatable bonds is 3. The molecular weight excluding hydrogens is 385 g/mol. The fraction of sp³-hybridized carbons (Fsp3) is 0.125. The standard InChI is InChI=1S/C16H11Cl2N3O3S/c17-9-7-12-13(24-5-4-23-12)8-10(9)19-14(22)2-1-11-15(18)20-16-21(11)3-6-25-16/h1-3,6-8H,4-5H2,(H,19,22)/b2-1+. The minimum absolute atomic E-state index is 0.341. The molecule has 0 saturated carbocycles. The molecular formula is C16H11Cl2N3O3S. The summed E-state index contributed by atoms with van der Waals surface area (Å²) < 4.78 is 12.8. The number of carbonyl (C=O) groups excluding carboxylic acids is 1. The first-order valence-electron chi connectivity index (χ1n) is 7.31. The molecule has 0 unspecified atom stereocenters. The summed E-state index contributed by atoms with van der Waals surface area (Å²) in [6, 6.07) is 3.27. The number of anilines is 1. The Balaban J connectivity index is 1.54. The van der Waals surface area contributed by atoms with Gasteiger partial charge in [-0.05, 0) is 6.08 Å². The van der Waals surface area contributed by atoms with Gasteiger partial charge < -0.3 is 14.8 Å². The topological polar surface area (TPSA) is 64.9 Å². The van der Waals surface area contributed by atoms with E-state index < -0.39 is 0 Å². The van der Waals surface area contributed by atoms with E-state index in [1.54, 1.807) is 18.2 Å². The third-order valence-electron chi connectivity index (χ3n) is 3.54. The highest BCUT2D eigenvalue weighted by atomic mass is 35.5. The Kier molecular flexibility index (Phi) is 4.29. The molecule has 0 bridgehead atoms. The molecule has 1 aliphatic heterocycles. The van der Waals surface area contributed by atoms with E-state index in [0.29, 0.717) is 46.3 Å². The monoisotopic (exact) mass is 395 g/mol. The van der Waals surface area contributed by atoms with Crippen molar-refractivity contribution in [1.29, 1.82) is 0 Å². The van der Waals surface area contributed by atoms with Crippen LogP contribution >= 0.6 is 34.5 Å².